The van der Waals surface area contributed by atoms with Crippen molar-refractivity contribution < 1.29 is 177 Å². The number of fused-ring (bicyclic) bond motifs is 7. The van der Waals surface area contributed by atoms with Gasteiger partial charge in [0.2, 0.25) is 6.29 Å². The number of aliphatic hydroxyl groups is 16. The molecule has 17 N–H and O–H groups in total. The minimum absolute atomic E-state index is 0.0464. The summed E-state index contributed by atoms with van der Waals surface area (Å²) < 4.78 is 84.3. The highest BCUT2D eigenvalue weighted by Gasteiger charge is 2.73. The molecule has 5 aliphatic carbocycles. The molecule has 4 saturated carbocycles. The summed E-state index contributed by atoms with van der Waals surface area (Å²) in [7, 11) is 0. The molecule has 6 saturated heterocycles. The van der Waals surface area contributed by atoms with E-state index >= 15 is 4.79 Å². The number of hydrogen-bond acceptors (Lipinski definition) is 35. The van der Waals surface area contributed by atoms with E-state index in [0.717, 1.165) is 11.9 Å². The molecule has 42 atom stereocenters. The van der Waals surface area contributed by atoms with Gasteiger partial charge >= 0.3 is 23.9 Å². The van der Waals surface area contributed by atoms with Crippen LogP contribution >= 0.6 is 0 Å². The van der Waals surface area contributed by atoms with Crippen LogP contribution in [0.1, 0.15) is 186 Å². The van der Waals surface area contributed by atoms with E-state index < -0.39 is 297 Å². The normalized spacial score (nSPS) is 47.7. The monoisotopic (exact) mass is 1690 g/mol. The summed E-state index contributed by atoms with van der Waals surface area (Å²) in [5, 5.41) is 189. The van der Waals surface area contributed by atoms with Crippen LogP contribution in [-0.2, 0) is 90.3 Å². The van der Waals surface area contributed by atoms with Crippen molar-refractivity contribution in [2.24, 2.45) is 68.0 Å². The number of carbonyl (C=O) groups is 5. The first-order chi connectivity index (χ1) is 55.3. The average molecular weight is 1690 g/mol. The second-order valence-corrected chi connectivity index (χ2v) is 37.8. The molecule has 0 spiro atoms. The van der Waals surface area contributed by atoms with Crippen molar-refractivity contribution >= 4 is 30.2 Å². The molecule has 0 bridgehead atoms. The molecule has 118 heavy (non-hydrogen) atoms. The van der Waals surface area contributed by atoms with E-state index in [2.05, 4.69) is 40.7 Å². The van der Waals surface area contributed by atoms with Crippen molar-refractivity contribution in [2.75, 3.05) is 26.4 Å². The highest BCUT2D eigenvalue weighted by Crippen LogP contribution is 2.76. The molecule has 11 rings (SSSR count). The van der Waals surface area contributed by atoms with Gasteiger partial charge in [0.15, 0.2) is 49.8 Å². The molecule has 36 heteroatoms. The Balaban J connectivity index is 0.824. The molecule has 0 aromatic carbocycles. The largest absolute Gasteiger partial charge is 0.479 e. The lowest BCUT2D eigenvalue weighted by Gasteiger charge is -2.71. The van der Waals surface area contributed by atoms with E-state index in [1.54, 1.807) is 13.8 Å². The van der Waals surface area contributed by atoms with Crippen molar-refractivity contribution in [1.29, 1.82) is 0 Å². The van der Waals surface area contributed by atoms with Gasteiger partial charge in [0.05, 0.1) is 87.4 Å². The molecule has 7 unspecified atom stereocenters. The van der Waals surface area contributed by atoms with Crippen LogP contribution in [0.2, 0.25) is 0 Å². The summed E-state index contributed by atoms with van der Waals surface area (Å²) in [6.07, 6.45) is -42.3. The lowest BCUT2D eigenvalue weighted by Crippen LogP contribution is -2.69. The van der Waals surface area contributed by atoms with Gasteiger partial charge in [-0.2, -0.15) is 0 Å². The molecule has 11 aliphatic rings. The lowest BCUT2D eigenvalue weighted by atomic mass is 9.33. The third-order valence-electron chi connectivity index (χ3n) is 29.9. The van der Waals surface area contributed by atoms with Gasteiger partial charge in [-0.1, -0.05) is 101 Å². The fourth-order valence-corrected chi connectivity index (χ4v) is 21.7. The minimum atomic E-state index is -2.12. The average Bonchev–Trinajstić information content (AvgIpc) is 0.758. The van der Waals surface area contributed by atoms with E-state index in [1.807, 2.05) is 20.8 Å². The summed E-state index contributed by atoms with van der Waals surface area (Å²) in [5.74, 6) is -7.19. The number of aldehydes is 1. The number of esters is 3. The molecule has 0 radical (unpaired) electrons. The molecule has 676 valence electrons. The Hall–Kier alpha value is -3.79. The predicted octanol–water partition coefficient (Wildman–Crippen LogP) is -0.698. The van der Waals surface area contributed by atoms with Gasteiger partial charge < -0.3 is 158 Å². The highest BCUT2D eigenvalue weighted by atomic mass is 16.8. The minimum Gasteiger partial charge on any atom is -0.479 e. The first kappa shape index (κ1) is 94.9. The lowest BCUT2D eigenvalue weighted by molar-refractivity contribution is -0.376. The van der Waals surface area contributed by atoms with E-state index in [-0.39, 0.29) is 56.5 Å². The Labute approximate surface area is 686 Å². The van der Waals surface area contributed by atoms with Crippen LogP contribution in [-0.4, -0.2) is 333 Å². The van der Waals surface area contributed by atoms with Crippen LogP contribution < -0.4 is 0 Å². The third kappa shape index (κ3) is 17.9. The number of aliphatic hydroxyl groups excluding tert-OH is 15. The SMILES string of the molecule is CC[C@H](C)C(CC(O)CC(=O)O[C@H]1[C@@H](O)[C@H](O[C@@H]2O[C@@H](C)[C@H](O[C@@H]3OC[C@@H](O)[C@H](O[C@@H]4OC[C@](O)(CO)[C@H]4C)[C@H]3O)[C@@H](O)[C@H]2O)[C@@H](OC(=O)[C@]23CCC(C)(C)C[C@H]2C2=CCC4[C@@]5(C)CC[C@H](OC6O[C@H](C(=O)O)[C@@H](O)[C@H](O)[C@H]6O)[C@@](C)(C=O)C5CC[C@@]4(C)[C@]2(C)C[C@H]3O)O[C@H]1C)OC(=O)CC(O)CC(O[C@@H]1O[C@@H](CO)[C@H](O)[C@H]1O)[C@@H](C)CC. The van der Waals surface area contributed by atoms with Gasteiger partial charge in [-0.15, -0.1) is 0 Å². The van der Waals surface area contributed by atoms with Crippen molar-refractivity contribution in [2.45, 2.75) is 376 Å². The first-order valence-electron chi connectivity index (χ1n) is 42.2. The summed E-state index contributed by atoms with van der Waals surface area (Å²) >= 11 is 0. The van der Waals surface area contributed by atoms with Crippen LogP contribution in [0.4, 0.5) is 0 Å². The van der Waals surface area contributed by atoms with Crippen LogP contribution in [0.3, 0.4) is 0 Å². The van der Waals surface area contributed by atoms with E-state index in [9.17, 15) is 106 Å². The fourth-order valence-electron chi connectivity index (χ4n) is 21.7. The number of ether oxygens (including phenoxy) is 14. The summed E-state index contributed by atoms with van der Waals surface area (Å²) in [6.45, 7) is 21.9. The number of hydrogen-bond donors (Lipinski definition) is 17. The number of aliphatic carboxylic acids is 1. The van der Waals surface area contributed by atoms with E-state index in [4.69, 9.17) is 66.3 Å². The zero-order chi connectivity index (χ0) is 86.9. The zero-order valence-corrected chi connectivity index (χ0v) is 69.7. The van der Waals surface area contributed by atoms with Crippen LogP contribution in [0.5, 0.6) is 0 Å². The molecule has 0 amide bonds. The quantitative estimate of drug-likeness (QED) is 0.0139. The van der Waals surface area contributed by atoms with Crippen LogP contribution in [0.25, 0.3) is 0 Å². The molecule has 0 aromatic heterocycles. The maximum atomic E-state index is 16.2. The van der Waals surface area contributed by atoms with Gasteiger partial charge in [0, 0.05) is 18.8 Å². The van der Waals surface area contributed by atoms with E-state index in [1.165, 1.54) is 20.8 Å². The van der Waals surface area contributed by atoms with Gasteiger partial charge in [0.1, 0.15) is 103 Å². The molecular formula is C82H132O36. The number of allylic oxidation sites excluding steroid dienone is 2. The predicted molar refractivity (Wildman–Crippen MR) is 402 cm³/mol. The maximum absolute atomic E-state index is 16.2. The van der Waals surface area contributed by atoms with Crippen molar-refractivity contribution in [3.63, 3.8) is 0 Å². The smallest absolute Gasteiger partial charge is 0.335 e. The standard InChI is InChI=1S/C82H132O36/c1-14-35(3)45(109-52(90)26-41(87)25-46(36(4)15-2)110-72-58(96)54(92)47(30-83)111-72)24-40(86)27-53(91)113-64-39(7)108-74(67(61(64)99)117-71-60(98)57(95)63(38(6)107-71)114-70-62(100)65(44(88)31-105-70)115-69-37(5)81(104,33-85)34-106-69)118-75(103)82-23-22-76(8,9)28-43(82)42-16-17-49-77(10)20-19-51(112-73-59(97)55(93)56(94)66(116-73)68(101)102)78(11,32-84)48(77)18-21-79(49,12)80(42,13)29-50(82)89/h16,32,35-41,43-51,54-67,69-74,83,85-89,92-100,104H,14-15,17-31,33-34H2,1-13H3,(H,101,102)/t35-,36-,37-,38-,39-,40?,41?,43-,44+,45?,46?,47-,48?,49?,50+,51-,54-,55-,56-,57-,58+,59+,60+,61+,62+,63-,64+,65-,66-,67-,69-,70-,71-,72+,73?,74+,77-,78-,79+,80+,81+,82+/m0/s1. The molecule has 36 nitrogen and oxygen atoms in total. The number of carbonyl (C=O) groups excluding carboxylic acids is 4. The van der Waals surface area contributed by atoms with E-state index in [0.29, 0.717) is 51.4 Å². The maximum Gasteiger partial charge on any atom is 0.335 e. The van der Waals surface area contributed by atoms with Gasteiger partial charge in [-0.25, -0.2) is 4.79 Å². The fraction of sp³-hybridized carbons (Fsp3) is 0.915. The number of rotatable bonds is 30. The van der Waals surface area contributed by atoms with Crippen molar-refractivity contribution in [3.05, 3.63) is 11.6 Å². The number of carboxylic acid groups (broad SMARTS) is 1. The topological polar surface area (TPSA) is 558 Å². The Kier molecular flexibility index (Phi) is 29.8. The summed E-state index contributed by atoms with van der Waals surface area (Å²) in [6, 6.07) is 0. The Morgan fingerprint density at radius 1 is 0.593 bits per heavy atom. The molecular weight excluding hydrogens is 1560 g/mol. The zero-order valence-electron chi connectivity index (χ0n) is 69.7. The van der Waals surface area contributed by atoms with Gasteiger partial charge in [-0.05, 0) is 123 Å². The van der Waals surface area contributed by atoms with Crippen molar-refractivity contribution in [1.82, 2.24) is 0 Å². The second-order valence-electron chi connectivity index (χ2n) is 37.8. The van der Waals surface area contributed by atoms with Gasteiger partial charge in [0.25, 0.3) is 0 Å². The Bertz CT molecular complexity index is 3460. The second kappa shape index (κ2) is 37.0. The van der Waals surface area contributed by atoms with Crippen molar-refractivity contribution in [3.8, 4) is 0 Å². The van der Waals surface area contributed by atoms with Crippen LogP contribution in [0.15, 0.2) is 11.6 Å². The summed E-state index contributed by atoms with van der Waals surface area (Å²) in [5.41, 5.74) is -6.17. The Morgan fingerprint density at radius 3 is 1.82 bits per heavy atom. The summed E-state index contributed by atoms with van der Waals surface area (Å²) in [4.78, 5) is 69.9. The molecule has 6 heterocycles. The third-order valence-corrected chi connectivity index (χ3v) is 29.9. The molecule has 0 aromatic rings. The Morgan fingerprint density at radius 2 is 1.19 bits per heavy atom. The highest BCUT2D eigenvalue weighted by molar-refractivity contribution is 5.80. The molecule has 10 fully saturated rings. The van der Waals surface area contributed by atoms with Crippen LogP contribution in [0, 0.1) is 68.0 Å². The van der Waals surface area contributed by atoms with Gasteiger partial charge in [-0.3, -0.25) is 14.4 Å². The number of carboxylic acids is 1. The first-order valence-corrected chi connectivity index (χ1v) is 42.2. The molecule has 6 aliphatic heterocycles.